The highest BCUT2D eigenvalue weighted by Crippen LogP contribution is 2.25. The van der Waals surface area contributed by atoms with Crippen molar-refractivity contribution < 1.29 is 18.7 Å². The number of carbonyl (C=O) groups excluding carboxylic acids is 1. The van der Waals surface area contributed by atoms with Crippen molar-refractivity contribution in [2.45, 2.75) is 19.7 Å². The van der Waals surface area contributed by atoms with Crippen LogP contribution in [0.4, 0.5) is 4.39 Å². The Morgan fingerprint density at radius 1 is 1.41 bits per heavy atom. The molecule has 1 amide bonds. The minimum Gasteiger partial charge on any atom is -0.495 e. The van der Waals surface area contributed by atoms with Crippen molar-refractivity contribution in [2.75, 3.05) is 27.4 Å². The van der Waals surface area contributed by atoms with Gasteiger partial charge in [-0.2, -0.15) is 0 Å². The van der Waals surface area contributed by atoms with Crippen LogP contribution < -0.4 is 10.1 Å². The van der Waals surface area contributed by atoms with Gasteiger partial charge < -0.3 is 19.4 Å². The summed E-state index contributed by atoms with van der Waals surface area (Å²) in [5, 5.41) is 2.54. The lowest BCUT2D eigenvalue weighted by Crippen LogP contribution is -2.31. The zero-order chi connectivity index (χ0) is 19.4. The van der Waals surface area contributed by atoms with E-state index in [2.05, 4.69) is 20.3 Å². The molecule has 3 rings (SSSR count). The predicted octanol–water partition coefficient (Wildman–Crippen LogP) is 1.84. The summed E-state index contributed by atoms with van der Waals surface area (Å²) in [7, 11) is 3.16. The molecule has 1 aliphatic rings. The molecule has 27 heavy (non-hydrogen) atoms. The number of pyridine rings is 1. The molecule has 2 unspecified atom stereocenters. The maximum absolute atomic E-state index is 12.4. The van der Waals surface area contributed by atoms with Crippen molar-refractivity contribution in [3.05, 3.63) is 24.0 Å². The lowest BCUT2D eigenvalue weighted by molar-refractivity contribution is 0.0861. The molecule has 3 heterocycles. The first-order chi connectivity index (χ1) is 13.1. The Kier molecular flexibility index (Phi) is 5.80. The Labute approximate surface area is 156 Å². The van der Waals surface area contributed by atoms with Crippen molar-refractivity contribution in [3.63, 3.8) is 0 Å². The average Bonchev–Trinajstić information content (AvgIpc) is 3.05. The van der Waals surface area contributed by atoms with E-state index in [1.165, 1.54) is 6.34 Å². The van der Waals surface area contributed by atoms with Gasteiger partial charge in [-0.05, 0) is 0 Å². The van der Waals surface area contributed by atoms with Crippen LogP contribution >= 0.6 is 0 Å². The third-order valence-corrected chi connectivity index (χ3v) is 4.52. The third-order valence-electron chi connectivity index (χ3n) is 4.52. The molecule has 0 saturated carbocycles. The van der Waals surface area contributed by atoms with Gasteiger partial charge in [0.15, 0.2) is 6.23 Å². The fourth-order valence-electron chi connectivity index (χ4n) is 3.02. The minimum absolute atomic E-state index is 0.0140. The number of methoxy groups -OCH3 is 2. The van der Waals surface area contributed by atoms with Crippen LogP contribution in [0, 0.1) is 5.92 Å². The molecule has 8 nitrogen and oxygen atoms in total. The number of hydrogen-bond donors (Lipinski definition) is 1. The van der Waals surface area contributed by atoms with Crippen molar-refractivity contribution in [3.8, 4) is 5.75 Å². The van der Waals surface area contributed by atoms with Crippen molar-refractivity contribution in [1.82, 2.24) is 14.9 Å². The highest BCUT2D eigenvalue weighted by molar-refractivity contribution is 6.06. The summed E-state index contributed by atoms with van der Waals surface area (Å²) in [5.74, 6) is 0.191. The molecule has 0 bridgehead atoms. The standard InChI is InChI=1S/C18H22FN5O3/c1-11-14(22-10-23-18(11)27-3)9-24-8-13(17(25)20-5-4-19)16-15(24)6-12(26-2)7-21-16/h6-8,10-11,18H,4-5,9H2,1-3H3,(H,20,25). The summed E-state index contributed by atoms with van der Waals surface area (Å²) in [6.45, 7) is 1.76. The molecule has 2 aromatic rings. The highest BCUT2D eigenvalue weighted by Gasteiger charge is 2.25. The summed E-state index contributed by atoms with van der Waals surface area (Å²) >= 11 is 0. The van der Waals surface area contributed by atoms with Crippen LogP contribution in [0.3, 0.4) is 0 Å². The Hall–Kier alpha value is -2.81. The molecule has 0 spiro atoms. The average molecular weight is 375 g/mol. The third kappa shape index (κ3) is 3.82. The molecule has 2 aromatic heterocycles. The number of carbonyl (C=O) groups is 1. The van der Waals surface area contributed by atoms with E-state index in [0.717, 1.165) is 11.2 Å². The molecule has 0 radical (unpaired) electrons. The van der Waals surface area contributed by atoms with Crippen LogP contribution in [0.1, 0.15) is 17.3 Å². The van der Waals surface area contributed by atoms with Gasteiger partial charge in [-0.3, -0.25) is 4.79 Å². The van der Waals surface area contributed by atoms with Crippen molar-refractivity contribution >= 4 is 29.0 Å². The molecule has 0 aliphatic carbocycles. The number of nitrogens with zero attached hydrogens (tertiary/aromatic N) is 4. The van der Waals surface area contributed by atoms with E-state index in [4.69, 9.17) is 9.47 Å². The van der Waals surface area contributed by atoms with Gasteiger partial charge in [0.25, 0.3) is 5.91 Å². The first kappa shape index (κ1) is 19.0. The number of rotatable bonds is 7. The quantitative estimate of drug-likeness (QED) is 0.799. The summed E-state index contributed by atoms with van der Waals surface area (Å²) in [6, 6.07) is 1.81. The van der Waals surface area contributed by atoms with Gasteiger partial charge >= 0.3 is 0 Å². The molecule has 144 valence electrons. The van der Waals surface area contributed by atoms with Gasteiger partial charge in [-0.25, -0.2) is 19.4 Å². The lowest BCUT2D eigenvalue weighted by Gasteiger charge is -2.23. The van der Waals surface area contributed by atoms with Crippen LogP contribution in [0.25, 0.3) is 11.0 Å². The Morgan fingerprint density at radius 3 is 2.93 bits per heavy atom. The molecule has 2 atom stereocenters. The predicted molar refractivity (Wildman–Crippen MR) is 100 cm³/mol. The Bertz CT molecular complexity index is 892. The fourth-order valence-corrected chi connectivity index (χ4v) is 3.02. The van der Waals surface area contributed by atoms with Crippen LogP contribution in [0.5, 0.6) is 5.75 Å². The number of nitrogens with one attached hydrogen (secondary N) is 1. The molecule has 0 saturated heterocycles. The molecule has 1 N–H and O–H groups in total. The number of hydrogen-bond acceptors (Lipinski definition) is 6. The number of aromatic nitrogens is 2. The monoisotopic (exact) mass is 375 g/mol. The maximum Gasteiger partial charge on any atom is 0.255 e. The Morgan fingerprint density at radius 2 is 2.22 bits per heavy atom. The van der Waals surface area contributed by atoms with Crippen LogP contribution in [-0.2, 0) is 11.3 Å². The van der Waals surface area contributed by atoms with Crippen molar-refractivity contribution in [1.29, 1.82) is 0 Å². The van der Waals surface area contributed by atoms with Gasteiger partial charge in [0, 0.05) is 37.5 Å². The van der Waals surface area contributed by atoms with Crippen LogP contribution in [-0.4, -0.2) is 61.2 Å². The minimum atomic E-state index is -0.627. The van der Waals surface area contributed by atoms with E-state index >= 15 is 0 Å². The molecular weight excluding hydrogens is 353 g/mol. The van der Waals surface area contributed by atoms with Crippen molar-refractivity contribution in [2.24, 2.45) is 15.9 Å². The first-order valence-corrected chi connectivity index (χ1v) is 8.57. The SMILES string of the molecule is COc1cnc2c(C(=O)NCCF)cn(CC3=NC=NC(OC)C3C)c2c1. The van der Waals surface area contributed by atoms with Gasteiger partial charge in [-0.15, -0.1) is 0 Å². The first-order valence-electron chi connectivity index (χ1n) is 8.57. The van der Waals surface area contributed by atoms with E-state index < -0.39 is 6.67 Å². The fraction of sp³-hybridized carbons (Fsp3) is 0.444. The molecule has 0 fully saturated rings. The normalized spacial score (nSPS) is 19.2. The van der Waals surface area contributed by atoms with E-state index in [1.54, 1.807) is 26.6 Å². The Balaban J connectivity index is 2.00. The zero-order valence-corrected chi connectivity index (χ0v) is 15.5. The summed E-state index contributed by atoms with van der Waals surface area (Å²) in [4.78, 5) is 25.3. The van der Waals surface area contributed by atoms with E-state index in [-0.39, 0.29) is 24.6 Å². The number of halogens is 1. The number of aliphatic imine (C=N–C) groups is 2. The second-order valence-corrected chi connectivity index (χ2v) is 6.16. The second kappa shape index (κ2) is 8.26. The summed E-state index contributed by atoms with van der Waals surface area (Å²) in [6.07, 6.45) is 4.45. The van der Waals surface area contributed by atoms with Gasteiger partial charge in [0.2, 0.25) is 0 Å². The largest absolute Gasteiger partial charge is 0.495 e. The lowest BCUT2D eigenvalue weighted by atomic mass is 10.0. The maximum atomic E-state index is 12.4. The molecule has 0 aromatic carbocycles. The summed E-state index contributed by atoms with van der Waals surface area (Å²) in [5.41, 5.74) is 2.49. The smallest absolute Gasteiger partial charge is 0.255 e. The number of amides is 1. The van der Waals surface area contributed by atoms with E-state index in [0.29, 0.717) is 23.4 Å². The van der Waals surface area contributed by atoms with E-state index in [1.807, 2.05) is 17.6 Å². The summed E-state index contributed by atoms with van der Waals surface area (Å²) < 4.78 is 24.9. The molecular formula is C18H22FN5O3. The second-order valence-electron chi connectivity index (χ2n) is 6.16. The number of alkyl halides is 1. The van der Waals surface area contributed by atoms with E-state index in [9.17, 15) is 9.18 Å². The molecule has 1 aliphatic heterocycles. The molecule has 9 heteroatoms. The van der Waals surface area contributed by atoms with Crippen LogP contribution in [0.2, 0.25) is 0 Å². The van der Waals surface area contributed by atoms with Crippen LogP contribution in [0.15, 0.2) is 28.4 Å². The van der Waals surface area contributed by atoms with Gasteiger partial charge in [0.05, 0.1) is 30.9 Å². The zero-order valence-electron chi connectivity index (χ0n) is 15.5. The topological polar surface area (TPSA) is 90.1 Å². The van der Waals surface area contributed by atoms with Gasteiger partial charge in [-0.1, -0.05) is 6.92 Å². The highest BCUT2D eigenvalue weighted by atomic mass is 19.1. The number of fused-ring (bicyclic) bond motifs is 1. The number of ether oxygens (including phenoxy) is 2. The van der Waals surface area contributed by atoms with Gasteiger partial charge in [0.1, 0.15) is 24.3 Å².